The van der Waals surface area contributed by atoms with Crippen LogP contribution in [0.3, 0.4) is 0 Å². The van der Waals surface area contributed by atoms with Crippen LogP contribution in [0, 0.1) is 0 Å². The molecule has 1 radical (unpaired) electrons. The molecule has 1 amide bonds. The zero-order valence-electron chi connectivity index (χ0n) is 6.52. The van der Waals surface area contributed by atoms with E-state index in [-0.39, 0.29) is 0 Å². The molecule has 0 aliphatic rings. The second-order valence-electron chi connectivity index (χ2n) is 1.99. The molecule has 0 atom stereocenters. The van der Waals surface area contributed by atoms with E-state index in [1.165, 1.54) is 6.41 Å². The monoisotopic (exact) mass is 163 g/mol. The Labute approximate surface area is 69.9 Å². The summed E-state index contributed by atoms with van der Waals surface area (Å²) in [6, 6.07) is 6.86. The Bertz CT molecular complexity index is 280. The van der Waals surface area contributed by atoms with Gasteiger partial charge in [0.2, 0.25) is 0 Å². The van der Waals surface area contributed by atoms with E-state index in [1.54, 1.807) is 31.4 Å². The molecule has 4 nitrogen and oxygen atoms in total. The lowest BCUT2D eigenvalue weighted by atomic mass is 10.3. The maximum atomic E-state index is 9.69. The minimum absolute atomic E-state index is 0.596. The molecule has 0 aromatic heterocycles. The molecule has 4 heteroatoms. The van der Waals surface area contributed by atoms with Gasteiger partial charge >= 0.3 is 6.41 Å². The summed E-state index contributed by atoms with van der Waals surface area (Å²) in [5, 5.41) is 6.62. The highest BCUT2D eigenvalue weighted by atomic mass is 16.5. The summed E-state index contributed by atoms with van der Waals surface area (Å²) >= 11 is 0. The molecule has 0 bridgehead atoms. The predicted molar refractivity (Wildman–Crippen MR) is 43.2 cm³/mol. The minimum atomic E-state index is 0.596. The quantitative estimate of drug-likeness (QED) is 0.638. The van der Waals surface area contributed by atoms with E-state index < -0.39 is 0 Å². The van der Waals surface area contributed by atoms with Crippen molar-refractivity contribution in [3.8, 4) is 5.75 Å². The van der Waals surface area contributed by atoms with Crippen molar-refractivity contribution in [2.24, 2.45) is 10.2 Å². The van der Waals surface area contributed by atoms with Crippen LogP contribution in [0.15, 0.2) is 34.5 Å². The van der Waals surface area contributed by atoms with Gasteiger partial charge in [0, 0.05) is 0 Å². The highest BCUT2D eigenvalue weighted by Gasteiger charge is 1.90. The molecule has 0 spiro atoms. The molecule has 0 saturated heterocycles. The molecule has 1 aromatic rings. The number of amides is 1. The van der Waals surface area contributed by atoms with Crippen molar-refractivity contribution in [2.45, 2.75) is 0 Å². The van der Waals surface area contributed by atoms with Gasteiger partial charge in [-0.05, 0) is 24.3 Å². The van der Waals surface area contributed by atoms with Crippen LogP contribution in [0.4, 0.5) is 5.69 Å². The third-order valence-electron chi connectivity index (χ3n) is 1.28. The van der Waals surface area contributed by atoms with Gasteiger partial charge < -0.3 is 4.74 Å². The first-order valence-corrected chi connectivity index (χ1v) is 3.29. The second-order valence-corrected chi connectivity index (χ2v) is 1.99. The number of hydrogen-bond donors (Lipinski definition) is 0. The minimum Gasteiger partial charge on any atom is -0.497 e. The maximum absolute atomic E-state index is 9.69. The Morgan fingerprint density at radius 3 is 2.50 bits per heavy atom. The zero-order chi connectivity index (χ0) is 8.81. The highest BCUT2D eigenvalue weighted by molar-refractivity contribution is 5.49. The fourth-order valence-electron chi connectivity index (χ4n) is 0.727. The Hall–Kier alpha value is -1.71. The molecular formula is C8H7N2O2. The number of ether oxygens (including phenoxy) is 1. The van der Waals surface area contributed by atoms with Crippen LogP contribution in [-0.4, -0.2) is 13.5 Å². The van der Waals surface area contributed by atoms with Crippen molar-refractivity contribution in [3.05, 3.63) is 24.3 Å². The normalized spacial score (nSPS) is 10.1. The first-order chi connectivity index (χ1) is 5.86. The van der Waals surface area contributed by atoms with Crippen LogP contribution in [0.5, 0.6) is 5.75 Å². The zero-order valence-corrected chi connectivity index (χ0v) is 6.52. The number of benzene rings is 1. The van der Waals surface area contributed by atoms with Crippen molar-refractivity contribution >= 4 is 12.1 Å². The molecule has 61 valence electrons. The van der Waals surface area contributed by atoms with Gasteiger partial charge in [-0.3, -0.25) is 4.79 Å². The number of nitrogens with zero attached hydrogens (tertiary/aromatic N) is 2. The van der Waals surface area contributed by atoms with Gasteiger partial charge in [0.05, 0.1) is 12.8 Å². The molecule has 0 fully saturated rings. The van der Waals surface area contributed by atoms with E-state index in [2.05, 4.69) is 10.2 Å². The van der Waals surface area contributed by atoms with Gasteiger partial charge in [-0.1, -0.05) is 0 Å². The molecule has 0 aliphatic carbocycles. The van der Waals surface area contributed by atoms with E-state index in [0.29, 0.717) is 5.69 Å². The van der Waals surface area contributed by atoms with Gasteiger partial charge in [0.25, 0.3) is 0 Å². The topological polar surface area (TPSA) is 51.0 Å². The van der Waals surface area contributed by atoms with Gasteiger partial charge in [-0.25, -0.2) is 0 Å². The molecule has 0 heterocycles. The SMILES string of the molecule is COc1ccc(N=N[C]=O)cc1. The fourth-order valence-corrected chi connectivity index (χ4v) is 0.727. The van der Waals surface area contributed by atoms with Crippen LogP contribution < -0.4 is 4.74 Å². The number of carbonyl (C=O) groups excluding carboxylic acids is 1. The van der Waals surface area contributed by atoms with Crippen LogP contribution in [0.1, 0.15) is 0 Å². The average molecular weight is 163 g/mol. The molecule has 0 unspecified atom stereocenters. The van der Waals surface area contributed by atoms with E-state index in [9.17, 15) is 4.79 Å². The van der Waals surface area contributed by atoms with E-state index >= 15 is 0 Å². The fraction of sp³-hybridized carbons (Fsp3) is 0.125. The van der Waals surface area contributed by atoms with Crippen LogP contribution in [0.25, 0.3) is 0 Å². The molecule has 12 heavy (non-hydrogen) atoms. The van der Waals surface area contributed by atoms with Gasteiger partial charge in [-0.15, -0.1) is 10.2 Å². The summed E-state index contributed by atoms with van der Waals surface area (Å²) < 4.78 is 4.92. The van der Waals surface area contributed by atoms with E-state index in [0.717, 1.165) is 5.75 Å². The van der Waals surface area contributed by atoms with E-state index in [4.69, 9.17) is 4.74 Å². The number of rotatable bonds is 3. The van der Waals surface area contributed by atoms with Crippen LogP contribution in [-0.2, 0) is 4.79 Å². The summed E-state index contributed by atoms with van der Waals surface area (Å²) in [4.78, 5) is 9.69. The lowest BCUT2D eigenvalue weighted by molar-refractivity contribution is 0.415. The van der Waals surface area contributed by atoms with Crippen molar-refractivity contribution in [2.75, 3.05) is 7.11 Å². The summed E-state index contributed by atoms with van der Waals surface area (Å²) in [6.45, 7) is 0. The van der Waals surface area contributed by atoms with Crippen LogP contribution >= 0.6 is 0 Å². The Kier molecular flexibility index (Phi) is 2.95. The van der Waals surface area contributed by atoms with Crippen molar-refractivity contribution in [3.63, 3.8) is 0 Å². The summed E-state index contributed by atoms with van der Waals surface area (Å²) in [5.41, 5.74) is 0.596. The van der Waals surface area contributed by atoms with Crippen molar-refractivity contribution < 1.29 is 9.53 Å². The summed E-state index contributed by atoms with van der Waals surface area (Å²) in [7, 11) is 1.58. The molecule has 0 saturated carbocycles. The molecule has 1 rings (SSSR count). The molecule has 1 aromatic carbocycles. The Morgan fingerprint density at radius 2 is 2.00 bits per heavy atom. The molecule has 0 aliphatic heterocycles. The van der Waals surface area contributed by atoms with Gasteiger partial charge in [-0.2, -0.15) is 0 Å². The molecular weight excluding hydrogens is 156 g/mol. The summed E-state index contributed by atoms with van der Waals surface area (Å²) in [6.07, 6.45) is 1.32. The molecule has 0 N–H and O–H groups in total. The smallest absolute Gasteiger partial charge is 0.357 e. The third kappa shape index (κ3) is 2.16. The maximum Gasteiger partial charge on any atom is 0.357 e. The number of methoxy groups -OCH3 is 1. The van der Waals surface area contributed by atoms with Gasteiger partial charge in [0.15, 0.2) is 0 Å². The number of azo groups is 1. The second kappa shape index (κ2) is 4.23. The average Bonchev–Trinajstić information content (AvgIpc) is 2.15. The number of hydrogen-bond acceptors (Lipinski definition) is 3. The Morgan fingerprint density at radius 1 is 1.33 bits per heavy atom. The lowest BCUT2D eigenvalue weighted by Crippen LogP contribution is -1.79. The first kappa shape index (κ1) is 8.39. The van der Waals surface area contributed by atoms with Crippen molar-refractivity contribution in [1.82, 2.24) is 0 Å². The van der Waals surface area contributed by atoms with Crippen LogP contribution in [0.2, 0.25) is 0 Å². The summed E-state index contributed by atoms with van der Waals surface area (Å²) in [5.74, 6) is 0.740. The first-order valence-electron chi connectivity index (χ1n) is 3.29. The van der Waals surface area contributed by atoms with Crippen molar-refractivity contribution in [1.29, 1.82) is 0 Å². The van der Waals surface area contributed by atoms with E-state index in [1.807, 2.05) is 0 Å². The largest absolute Gasteiger partial charge is 0.497 e. The van der Waals surface area contributed by atoms with Gasteiger partial charge in [0.1, 0.15) is 5.75 Å². The highest BCUT2D eigenvalue weighted by Crippen LogP contribution is 2.17. The predicted octanol–water partition coefficient (Wildman–Crippen LogP) is 1.85. The standard InChI is InChI=1S/C8H7N2O2/c1-12-8-4-2-7(3-5-8)10-9-6-11/h2-5H,1H3. The Balaban J connectivity index is 2.77. The third-order valence-corrected chi connectivity index (χ3v) is 1.28. The lowest BCUT2D eigenvalue weighted by Gasteiger charge is -1.97.